The highest BCUT2D eigenvalue weighted by Crippen LogP contribution is 2.22. The van der Waals surface area contributed by atoms with Gasteiger partial charge < -0.3 is 4.74 Å². The van der Waals surface area contributed by atoms with Crippen LogP contribution in [0.4, 0.5) is 39.5 Å². The number of rotatable bonds is 4. The second-order valence-corrected chi connectivity index (χ2v) is 8.80. The maximum atomic E-state index is 14.9. The molecule has 0 saturated heterocycles. The van der Waals surface area contributed by atoms with Crippen LogP contribution in [0.1, 0.15) is 0 Å². The molecular weight excluding hydrogens is 442 g/mol. The predicted molar refractivity (Wildman–Crippen MR) is 90.2 cm³/mol. The lowest BCUT2D eigenvalue weighted by molar-refractivity contribution is 0.358. The smallest absolute Gasteiger partial charge is 0.403 e. The van der Waals surface area contributed by atoms with E-state index in [9.17, 15) is 39.5 Å². The van der Waals surface area contributed by atoms with E-state index in [1.807, 2.05) is 0 Å². The van der Waals surface area contributed by atoms with Gasteiger partial charge in [-0.25, -0.2) is 39.5 Å². The first-order valence-electron chi connectivity index (χ1n) is 8.07. The largest absolute Gasteiger partial charge is 0.491 e. The highest BCUT2D eigenvalue weighted by molar-refractivity contribution is 6.95. The molecule has 30 heavy (non-hydrogen) atoms. The summed E-state index contributed by atoms with van der Waals surface area (Å²) in [4.78, 5) is 0. The molecule has 0 unspecified atom stereocenters. The van der Waals surface area contributed by atoms with Crippen LogP contribution in [0.25, 0.3) is 0 Å². The summed E-state index contributed by atoms with van der Waals surface area (Å²) in [5.74, 6) is -16.1. The van der Waals surface area contributed by atoms with Crippen molar-refractivity contribution in [2.45, 2.75) is 0 Å². The van der Waals surface area contributed by atoms with E-state index in [1.54, 1.807) is 0 Å². The zero-order valence-corrected chi connectivity index (χ0v) is 15.9. The molecule has 3 aromatic rings. The van der Waals surface area contributed by atoms with Gasteiger partial charge in [-0.3, -0.25) is 0 Å². The third kappa shape index (κ3) is 3.75. The summed E-state index contributed by atoms with van der Waals surface area (Å²) < 4.78 is 129. The van der Waals surface area contributed by atoms with Crippen LogP contribution < -0.4 is 18.0 Å². The summed E-state index contributed by atoms with van der Waals surface area (Å²) in [6, 6.07) is 1.01. The van der Waals surface area contributed by atoms with E-state index in [0.717, 1.165) is 7.11 Å². The highest BCUT2D eigenvalue weighted by Gasteiger charge is 2.39. The SMILES string of the molecule is COc1c(F)cc(F)[c]([Al]([c]2cc(F)cc(F)c2F)[c]2cc(F)cc(F)c2F)c1F. The molecule has 0 aliphatic heterocycles. The van der Waals surface area contributed by atoms with Gasteiger partial charge in [-0.05, 0) is 16.6 Å². The number of methoxy groups -OCH3 is 1. The Morgan fingerprint density at radius 3 is 1.47 bits per heavy atom. The molecule has 0 aliphatic rings. The number of halogens is 9. The average molecular weight is 450 g/mol. The first-order chi connectivity index (χ1) is 14.1. The Morgan fingerprint density at radius 2 is 1.03 bits per heavy atom. The fourth-order valence-corrected chi connectivity index (χ4v) is 6.22. The molecule has 0 amide bonds. The van der Waals surface area contributed by atoms with Gasteiger partial charge in [-0.15, -0.1) is 0 Å². The van der Waals surface area contributed by atoms with E-state index in [4.69, 9.17) is 0 Å². The van der Waals surface area contributed by atoms with E-state index in [0.29, 0.717) is 12.1 Å². The van der Waals surface area contributed by atoms with Crippen molar-refractivity contribution in [2.24, 2.45) is 0 Å². The van der Waals surface area contributed by atoms with Crippen molar-refractivity contribution in [3.8, 4) is 5.75 Å². The molecule has 0 spiro atoms. The molecule has 0 atom stereocenters. The first-order valence-corrected chi connectivity index (χ1v) is 9.80. The van der Waals surface area contributed by atoms with Gasteiger partial charge in [-0.2, -0.15) is 0 Å². The van der Waals surface area contributed by atoms with Gasteiger partial charge in [-0.1, -0.05) is 8.85 Å². The van der Waals surface area contributed by atoms with Crippen LogP contribution >= 0.6 is 0 Å². The summed E-state index contributed by atoms with van der Waals surface area (Å²) in [7, 11) is 0.810. The van der Waals surface area contributed by atoms with Crippen LogP contribution in [0, 0.1) is 52.4 Å². The summed E-state index contributed by atoms with van der Waals surface area (Å²) in [5.41, 5.74) is 0. The number of hydrogen-bond acceptors (Lipinski definition) is 1. The molecule has 156 valence electrons. The van der Waals surface area contributed by atoms with Crippen molar-refractivity contribution in [1.29, 1.82) is 0 Å². The zero-order chi connectivity index (χ0) is 22.3. The van der Waals surface area contributed by atoms with Gasteiger partial charge in [0.15, 0.2) is 29.0 Å². The van der Waals surface area contributed by atoms with Gasteiger partial charge in [0.2, 0.25) is 0 Å². The molecule has 0 heterocycles. The van der Waals surface area contributed by atoms with Gasteiger partial charge in [0, 0.05) is 18.2 Å². The molecule has 0 bridgehead atoms. The van der Waals surface area contributed by atoms with E-state index >= 15 is 0 Å². The van der Waals surface area contributed by atoms with Crippen molar-refractivity contribution < 1.29 is 44.3 Å². The van der Waals surface area contributed by atoms with E-state index < -0.39 is 85.5 Å². The molecule has 1 nitrogen and oxygen atoms in total. The van der Waals surface area contributed by atoms with Crippen LogP contribution in [0.5, 0.6) is 5.75 Å². The maximum Gasteiger partial charge on any atom is 0.403 e. The normalized spacial score (nSPS) is 11.0. The topological polar surface area (TPSA) is 9.23 Å². The second-order valence-electron chi connectivity index (χ2n) is 6.12. The quantitative estimate of drug-likeness (QED) is 0.336. The zero-order valence-electron chi connectivity index (χ0n) is 14.8. The van der Waals surface area contributed by atoms with Gasteiger partial charge in [0.25, 0.3) is 0 Å². The van der Waals surface area contributed by atoms with Crippen LogP contribution in [0.3, 0.4) is 0 Å². The lowest BCUT2D eigenvalue weighted by atomic mass is 10.3. The maximum absolute atomic E-state index is 14.9. The standard InChI is InChI=1S/C7H4F3O.2C6H2F3.Al/c1-11-7-5(9)2-4(8)3-6(7)10;2*7-4-1-2-5(8)6(9)3-4;/h2H,1H3;2*1,3H;. The first kappa shape index (κ1) is 22.1. The lowest BCUT2D eigenvalue weighted by Gasteiger charge is -2.19. The number of ether oxygens (including phenoxy) is 1. The van der Waals surface area contributed by atoms with Crippen molar-refractivity contribution >= 4 is 27.4 Å². The molecular formula is C19H8AlF9O. The molecule has 0 N–H and O–H groups in total. The highest BCUT2D eigenvalue weighted by atomic mass is 27.2. The van der Waals surface area contributed by atoms with Crippen molar-refractivity contribution in [3.63, 3.8) is 0 Å². The Kier molecular flexibility index (Phi) is 6.06. The minimum atomic E-state index is -4.35. The number of hydrogen-bond donors (Lipinski definition) is 0. The summed E-state index contributed by atoms with van der Waals surface area (Å²) in [6.07, 6.45) is 0. The van der Waals surface area contributed by atoms with Gasteiger partial charge >= 0.3 is 14.1 Å². The summed E-state index contributed by atoms with van der Waals surface area (Å²) in [6.45, 7) is 0. The third-order valence-corrected chi connectivity index (χ3v) is 7.51. The van der Waals surface area contributed by atoms with E-state index in [1.165, 1.54) is 0 Å². The molecule has 0 saturated carbocycles. The Hall–Kier alpha value is -2.64. The fourth-order valence-electron chi connectivity index (χ4n) is 3.09. The van der Waals surface area contributed by atoms with Crippen LogP contribution in [-0.2, 0) is 0 Å². The van der Waals surface area contributed by atoms with Gasteiger partial charge in [0.1, 0.15) is 29.1 Å². The van der Waals surface area contributed by atoms with Crippen LogP contribution in [-0.4, -0.2) is 21.3 Å². The lowest BCUT2D eigenvalue weighted by Crippen LogP contribution is -2.57. The molecule has 3 aromatic carbocycles. The minimum Gasteiger partial charge on any atom is -0.491 e. The monoisotopic (exact) mass is 450 g/mol. The molecule has 3 rings (SSSR count). The van der Waals surface area contributed by atoms with Crippen LogP contribution in [0.15, 0.2) is 30.3 Å². The Morgan fingerprint density at radius 1 is 0.567 bits per heavy atom. The van der Waals surface area contributed by atoms with E-state index in [-0.39, 0.29) is 18.2 Å². The van der Waals surface area contributed by atoms with Crippen molar-refractivity contribution in [3.05, 3.63) is 82.7 Å². The molecule has 0 aromatic heterocycles. The molecule has 0 aliphatic carbocycles. The Labute approximate surface area is 167 Å². The minimum absolute atomic E-state index is 0.116. The third-order valence-electron chi connectivity index (χ3n) is 4.32. The summed E-state index contributed by atoms with van der Waals surface area (Å²) >= 11 is -4.35. The van der Waals surface area contributed by atoms with Crippen molar-refractivity contribution in [1.82, 2.24) is 0 Å². The van der Waals surface area contributed by atoms with Crippen molar-refractivity contribution in [2.75, 3.05) is 7.11 Å². The summed E-state index contributed by atoms with van der Waals surface area (Å²) in [5, 5.41) is 0. The molecule has 0 fully saturated rings. The Balaban J connectivity index is 2.49. The Bertz CT molecular complexity index is 1090. The second kappa shape index (κ2) is 8.24. The average Bonchev–Trinajstić information content (AvgIpc) is 2.65. The molecule has 11 heteroatoms. The van der Waals surface area contributed by atoms with E-state index in [2.05, 4.69) is 4.74 Å². The fraction of sp³-hybridized carbons (Fsp3) is 0.0526. The number of benzene rings is 3. The predicted octanol–water partition coefficient (Wildman–Crippen LogP) is 3.46. The van der Waals surface area contributed by atoms with Crippen LogP contribution in [0.2, 0.25) is 0 Å². The van der Waals surface area contributed by atoms with Gasteiger partial charge in [0.05, 0.1) is 7.11 Å². The molecule has 0 radical (unpaired) electrons.